The van der Waals surface area contributed by atoms with Crippen molar-refractivity contribution in [2.24, 2.45) is 0 Å². The maximum absolute atomic E-state index is 9.54. The van der Waals surface area contributed by atoms with Crippen LogP contribution < -0.4 is 0 Å². The Morgan fingerprint density at radius 1 is 1.38 bits per heavy atom. The molecule has 0 bridgehead atoms. The van der Waals surface area contributed by atoms with E-state index in [4.69, 9.17) is 0 Å². The van der Waals surface area contributed by atoms with Crippen LogP contribution in [0.2, 0.25) is 0 Å². The van der Waals surface area contributed by atoms with Crippen LogP contribution in [0.25, 0.3) is 0 Å². The maximum Gasteiger partial charge on any atom is 0.0832 e. The molecule has 0 aliphatic heterocycles. The molecule has 1 nitrogen and oxygen atoms in total. The first-order valence-electron chi connectivity index (χ1n) is 5.75. The Hall–Kier alpha value is -0.810. The van der Waals surface area contributed by atoms with Crippen LogP contribution in [0, 0.1) is 11.3 Å². The van der Waals surface area contributed by atoms with E-state index in [-0.39, 0.29) is 5.41 Å². The molecule has 0 aliphatic rings. The zero-order valence-corrected chi connectivity index (χ0v) is 11.5. The largest absolute Gasteiger partial charge is 0.197 e. The molecule has 2 atom stereocenters. The van der Waals surface area contributed by atoms with E-state index in [1.165, 1.54) is 0 Å². The summed E-state index contributed by atoms with van der Waals surface area (Å²) in [5.41, 5.74) is 0.810. The van der Waals surface area contributed by atoms with Crippen LogP contribution in [-0.2, 0) is 5.41 Å². The van der Waals surface area contributed by atoms with E-state index >= 15 is 0 Å². The number of nitriles is 1. The maximum atomic E-state index is 9.54. The second kappa shape index (κ2) is 6.06. The normalized spacial score (nSPS) is 16.1. The lowest BCUT2D eigenvalue weighted by atomic mass is 9.75. The van der Waals surface area contributed by atoms with Gasteiger partial charge in [-0.05, 0) is 18.4 Å². The van der Waals surface area contributed by atoms with Crippen molar-refractivity contribution in [1.29, 1.82) is 5.26 Å². The third kappa shape index (κ3) is 3.09. The van der Waals surface area contributed by atoms with Crippen LogP contribution in [0.1, 0.15) is 38.7 Å². The van der Waals surface area contributed by atoms with Crippen molar-refractivity contribution in [3.8, 4) is 6.07 Å². The minimum atomic E-state index is -0.334. The van der Waals surface area contributed by atoms with Gasteiger partial charge in [-0.1, -0.05) is 66.5 Å². The van der Waals surface area contributed by atoms with E-state index in [1.807, 2.05) is 18.2 Å². The van der Waals surface area contributed by atoms with Gasteiger partial charge in [-0.25, -0.2) is 0 Å². The van der Waals surface area contributed by atoms with Gasteiger partial charge in [0.15, 0.2) is 0 Å². The van der Waals surface area contributed by atoms with Crippen LogP contribution in [0.15, 0.2) is 30.3 Å². The van der Waals surface area contributed by atoms with Crippen molar-refractivity contribution in [2.75, 3.05) is 0 Å². The highest BCUT2D eigenvalue weighted by atomic mass is 79.9. The Balaban J connectivity index is 3.08. The number of rotatable bonds is 5. The van der Waals surface area contributed by atoms with E-state index < -0.39 is 0 Å². The van der Waals surface area contributed by atoms with Crippen molar-refractivity contribution in [1.82, 2.24) is 0 Å². The summed E-state index contributed by atoms with van der Waals surface area (Å²) in [4.78, 5) is 0.360. The summed E-state index contributed by atoms with van der Waals surface area (Å²) in [5.74, 6) is 0. The quantitative estimate of drug-likeness (QED) is 0.732. The highest BCUT2D eigenvalue weighted by Gasteiger charge is 2.32. The zero-order chi connectivity index (χ0) is 12.0. The van der Waals surface area contributed by atoms with Crippen molar-refractivity contribution in [3.05, 3.63) is 35.9 Å². The third-order valence-corrected chi connectivity index (χ3v) is 3.17. The molecule has 0 unspecified atom stereocenters. The fraction of sp³-hybridized carbons (Fsp3) is 0.500. The molecular weight excluding hydrogens is 262 g/mol. The first kappa shape index (κ1) is 13.3. The predicted molar refractivity (Wildman–Crippen MR) is 71.6 cm³/mol. The van der Waals surface area contributed by atoms with E-state index in [0.717, 1.165) is 24.8 Å². The van der Waals surface area contributed by atoms with Crippen LogP contribution in [0.5, 0.6) is 0 Å². The molecule has 0 saturated carbocycles. The van der Waals surface area contributed by atoms with E-state index in [9.17, 15) is 5.26 Å². The van der Waals surface area contributed by atoms with E-state index in [0.29, 0.717) is 4.83 Å². The van der Waals surface area contributed by atoms with Crippen molar-refractivity contribution < 1.29 is 0 Å². The monoisotopic (exact) mass is 279 g/mol. The van der Waals surface area contributed by atoms with Gasteiger partial charge >= 0.3 is 0 Å². The molecule has 0 radical (unpaired) electrons. The molecule has 1 aromatic carbocycles. The standard InChI is InChI=1S/C14H18BrN/c1-3-9-14(11-16,10-12(2)15)13-7-5-4-6-8-13/h4-8,12H,3,9-10H2,1-2H3/t12-,14-/m1/s1. The zero-order valence-electron chi connectivity index (χ0n) is 9.91. The molecule has 0 heterocycles. The summed E-state index contributed by atoms with van der Waals surface area (Å²) >= 11 is 3.57. The minimum absolute atomic E-state index is 0.334. The predicted octanol–water partition coefficient (Wildman–Crippen LogP) is 4.42. The molecule has 0 aliphatic carbocycles. The van der Waals surface area contributed by atoms with Crippen molar-refractivity contribution in [3.63, 3.8) is 0 Å². The number of halogens is 1. The highest BCUT2D eigenvalue weighted by molar-refractivity contribution is 9.09. The third-order valence-electron chi connectivity index (χ3n) is 2.85. The van der Waals surface area contributed by atoms with Crippen molar-refractivity contribution >= 4 is 15.9 Å². The van der Waals surface area contributed by atoms with Gasteiger partial charge in [-0.3, -0.25) is 0 Å². The van der Waals surface area contributed by atoms with Gasteiger partial charge in [0.2, 0.25) is 0 Å². The number of alkyl halides is 1. The summed E-state index contributed by atoms with van der Waals surface area (Å²) in [6.07, 6.45) is 2.81. The Morgan fingerprint density at radius 3 is 2.44 bits per heavy atom. The highest BCUT2D eigenvalue weighted by Crippen LogP contribution is 2.35. The minimum Gasteiger partial charge on any atom is -0.197 e. The molecule has 86 valence electrons. The Labute approximate surface area is 107 Å². The summed E-state index contributed by atoms with van der Waals surface area (Å²) in [7, 11) is 0. The van der Waals surface area contributed by atoms with E-state index in [1.54, 1.807) is 0 Å². The first-order valence-corrected chi connectivity index (χ1v) is 6.67. The van der Waals surface area contributed by atoms with Gasteiger partial charge in [0.1, 0.15) is 0 Å². The fourth-order valence-corrected chi connectivity index (χ4v) is 2.75. The molecule has 0 N–H and O–H groups in total. The molecule has 2 heteroatoms. The molecule has 0 amide bonds. The van der Waals surface area contributed by atoms with E-state index in [2.05, 4.69) is 48.0 Å². The Kier molecular flexibility index (Phi) is 5.02. The molecule has 0 aromatic heterocycles. The average Bonchev–Trinajstić information content (AvgIpc) is 2.29. The first-order chi connectivity index (χ1) is 7.64. The number of benzene rings is 1. The van der Waals surface area contributed by atoms with Crippen LogP contribution in [-0.4, -0.2) is 4.83 Å². The number of hydrogen-bond donors (Lipinski definition) is 0. The van der Waals surface area contributed by atoms with Crippen LogP contribution in [0.4, 0.5) is 0 Å². The number of hydrogen-bond acceptors (Lipinski definition) is 1. The summed E-state index contributed by atoms with van der Waals surface area (Å²) in [5, 5.41) is 9.54. The molecule has 16 heavy (non-hydrogen) atoms. The van der Waals surface area contributed by atoms with Gasteiger partial charge in [-0.15, -0.1) is 0 Å². The van der Waals surface area contributed by atoms with Gasteiger partial charge < -0.3 is 0 Å². The second-order valence-corrected chi connectivity index (χ2v) is 5.86. The Morgan fingerprint density at radius 2 is 2.00 bits per heavy atom. The summed E-state index contributed by atoms with van der Waals surface area (Å²) < 4.78 is 0. The molecule has 1 rings (SSSR count). The molecule has 0 saturated heterocycles. The molecule has 0 spiro atoms. The second-order valence-electron chi connectivity index (χ2n) is 4.29. The topological polar surface area (TPSA) is 23.8 Å². The number of nitrogens with zero attached hydrogens (tertiary/aromatic N) is 1. The fourth-order valence-electron chi connectivity index (χ4n) is 2.19. The van der Waals surface area contributed by atoms with Crippen molar-refractivity contribution in [2.45, 2.75) is 43.4 Å². The molecule has 1 aromatic rings. The average molecular weight is 280 g/mol. The SMILES string of the molecule is CCC[C@](C#N)(C[C@@H](C)Br)c1ccccc1. The van der Waals surface area contributed by atoms with Crippen LogP contribution >= 0.6 is 15.9 Å². The van der Waals surface area contributed by atoms with Gasteiger partial charge in [0, 0.05) is 4.83 Å². The van der Waals surface area contributed by atoms with Gasteiger partial charge in [-0.2, -0.15) is 5.26 Å². The van der Waals surface area contributed by atoms with Gasteiger partial charge in [0.25, 0.3) is 0 Å². The lowest BCUT2D eigenvalue weighted by Gasteiger charge is -2.28. The smallest absolute Gasteiger partial charge is 0.0832 e. The van der Waals surface area contributed by atoms with Crippen LogP contribution in [0.3, 0.4) is 0 Å². The Bertz CT molecular complexity index is 353. The molecule has 0 fully saturated rings. The summed E-state index contributed by atoms with van der Waals surface area (Å²) in [6, 6.07) is 12.7. The lowest BCUT2D eigenvalue weighted by Crippen LogP contribution is -2.26. The van der Waals surface area contributed by atoms with Gasteiger partial charge in [0.05, 0.1) is 11.5 Å². The summed E-state index contributed by atoms with van der Waals surface area (Å²) in [6.45, 7) is 4.23. The molecular formula is C14H18BrN. The lowest BCUT2D eigenvalue weighted by molar-refractivity contribution is 0.461.